The van der Waals surface area contributed by atoms with E-state index in [-0.39, 0.29) is 11.9 Å². The average Bonchev–Trinajstić information content (AvgIpc) is 2.70. The Hall–Kier alpha value is -2.53. The van der Waals surface area contributed by atoms with Gasteiger partial charge < -0.3 is 19.9 Å². The number of nitrogens with zero attached hydrogens (tertiary/aromatic N) is 1. The Labute approximate surface area is 168 Å². The Kier molecular flexibility index (Phi) is 6.57. The molecular weight excluding hydrogens is 350 g/mol. The zero-order valence-corrected chi connectivity index (χ0v) is 17.4. The molecule has 150 valence electrons. The summed E-state index contributed by atoms with van der Waals surface area (Å²) in [6.07, 6.45) is 0. The van der Waals surface area contributed by atoms with E-state index >= 15 is 0 Å². The molecule has 3 rings (SSSR count). The summed E-state index contributed by atoms with van der Waals surface area (Å²) in [6.45, 7) is 10.5. The highest BCUT2D eigenvalue weighted by Gasteiger charge is 2.24. The second kappa shape index (κ2) is 9.11. The Bertz CT molecular complexity index is 813. The molecular formula is C23H32N3O2+. The number of carbonyl (C=O) groups is 1. The number of hydrogen-bond donors (Lipinski definition) is 2. The number of amides is 1. The number of hydrogen-bond acceptors (Lipinski definition) is 3. The van der Waals surface area contributed by atoms with Crippen molar-refractivity contribution in [1.29, 1.82) is 0 Å². The van der Waals surface area contributed by atoms with Crippen LogP contribution in [0.2, 0.25) is 0 Å². The molecule has 1 fully saturated rings. The number of carbonyl (C=O) groups excluding carboxylic acids is 1. The molecule has 0 bridgehead atoms. The number of benzene rings is 2. The number of ether oxygens (including phenoxy) is 1. The van der Waals surface area contributed by atoms with E-state index < -0.39 is 0 Å². The molecule has 1 aliphatic heterocycles. The van der Waals surface area contributed by atoms with Gasteiger partial charge in [0.05, 0.1) is 45.0 Å². The van der Waals surface area contributed by atoms with Crippen molar-refractivity contribution >= 4 is 11.6 Å². The third kappa shape index (κ3) is 4.84. The molecule has 28 heavy (non-hydrogen) atoms. The van der Waals surface area contributed by atoms with Crippen molar-refractivity contribution < 1.29 is 14.4 Å². The standard InChI is InChI=1S/C23H31N3O2/c1-17-9-10-20(15-18(17)2)19(3)24-23(27)16-25-11-13-26(14-12-25)21-7-5-6-8-22(21)28-4/h5-10,15,19H,11-14,16H2,1-4H3,(H,24,27)/p+1/t19-/m0/s1. The van der Waals surface area contributed by atoms with Gasteiger partial charge in [0, 0.05) is 0 Å². The number of para-hydroxylation sites is 2. The van der Waals surface area contributed by atoms with E-state index in [1.165, 1.54) is 16.0 Å². The Balaban J connectivity index is 1.50. The van der Waals surface area contributed by atoms with Crippen molar-refractivity contribution in [2.45, 2.75) is 26.8 Å². The van der Waals surface area contributed by atoms with Crippen LogP contribution in [0, 0.1) is 13.8 Å². The monoisotopic (exact) mass is 382 g/mol. The summed E-state index contributed by atoms with van der Waals surface area (Å²) in [5.74, 6) is 1.03. The second-order valence-electron chi connectivity index (χ2n) is 7.72. The molecule has 1 amide bonds. The first kappa shape index (κ1) is 20.2. The zero-order valence-electron chi connectivity index (χ0n) is 17.4. The number of anilines is 1. The maximum Gasteiger partial charge on any atom is 0.275 e. The van der Waals surface area contributed by atoms with E-state index in [2.05, 4.69) is 55.3 Å². The van der Waals surface area contributed by atoms with Crippen LogP contribution in [0.25, 0.3) is 0 Å². The van der Waals surface area contributed by atoms with Gasteiger partial charge in [0.1, 0.15) is 5.75 Å². The van der Waals surface area contributed by atoms with Crippen LogP contribution in [-0.2, 0) is 4.79 Å². The summed E-state index contributed by atoms with van der Waals surface area (Å²) in [4.78, 5) is 16.2. The van der Waals surface area contributed by atoms with Gasteiger partial charge in [0.15, 0.2) is 6.54 Å². The molecule has 0 spiro atoms. The molecule has 0 unspecified atom stereocenters. The lowest BCUT2D eigenvalue weighted by Crippen LogP contribution is -3.15. The van der Waals surface area contributed by atoms with Crippen LogP contribution < -0.4 is 19.9 Å². The topological polar surface area (TPSA) is 46.0 Å². The molecule has 1 atom stereocenters. The molecule has 0 aromatic heterocycles. The average molecular weight is 383 g/mol. The molecule has 0 radical (unpaired) electrons. The SMILES string of the molecule is COc1ccccc1N1CC[NH+](CC(=O)N[C@@H](C)c2ccc(C)c(C)c2)CC1. The van der Waals surface area contributed by atoms with E-state index in [9.17, 15) is 4.79 Å². The number of rotatable bonds is 6. The minimum absolute atomic E-state index is 0.0288. The van der Waals surface area contributed by atoms with Gasteiger partial charge in [0.25, 0.3) is 5.91 Å². The quantitative estimate of drug-likeness (QED) is 0.802. The van der Waals surface area contributed by atoms with Crippen LogP contribution >= 0.6 is 0 Å². The third-order valence-corrected chi connectivity index (χ3v) is 5.72. The maximum atomic E-state index is 12.5. The lowest BCUT2D eigenvalue weighted by Gasteiger charge is -2.34. The molecule has 0 saturated carbocycles. The number of quaternary nitrogens is 1. The van der Waals surface area contributed by atoms with Crippen molar-refractivity contribution in [3.63, 3.8) is 0 Å². The highest BCUT2D eigenvalue weighted by Crippen LogP contribution is 2.27. The first-order valence-electron chi connectivity index (χ1n) is 10.1. The molecule has 1 aliphatic rings. The third-order valence-electron chi connectivity index (χ3n) is 5.72. The van der Waals surface area contributed by atoms with Crippen LogP contribution in [-0.4, -0.2) is 45.7 Å². The largest absolute Gasteiger partial charge is 0.495 e. The van der Waals surface area contributed by atoms with Crippen LogP contribution in [0.3, 0.4) is 0 Å². The zero-order chi connectivity index (χ0) is 20.1. The summed E-state index contributed by atoms with van der Waals surface area (Å²) in [5.41, 5.74) is 4.83. The predicted octanol–water partition coefficient (Wildman–Crippen LogP) is 1.89. The second-order valence-corrected chi connectivity index (χ2v) is 7.72. The fraction of sp³-hybridized carbons (Fsp3) is 0.435. The van der Waals surface area contributed by atoms with Crippen LogP contribution in [0.1, 0.15) is 29.7 Å². The van der Waals surface area contributed by atoms with Gasteiger partial charge in [-0.2, -0.15) is 0 Å². The van der Waals surface area contributed by atoms with Gasteiger partial charge in [0.2, 0.25) is 0 Å². The van der Waals surface area contributed by atoms with Crippen molar-refractivity contribution in [3.05, 3.63) is 59.2 Å². The number of methoxy groups -OCH3 is 1. The molecule has 5 heteroatoms. The van der Waals surface area contributed by atoms with Crippen LogP contribution in [0.15, 0.2) is 42.5 Å². The summed E-state index contributed by atoms with van der Waals surface area (Å²) < 4.78 is 5.48. The summed E-state index contributed by atoms with van der Waals surface area (Å²) in [6, 6.07) is 14.5. The Morgan fingerprint density at radius 1 is 1.14 bits per heavy atom. The summed E-state index contributed by atoms with van der Waals surface area (Å²) >= 11 is 0. The lowest BCUT2D eigenvalue weighted by molar-refractivity contribution is -0.892. The fourth-order valence-corrected chi connectivity index (χ4v) is 3.77. The van der Waals surface area contributed by atoms with Gasteiger partial charge in [-0.25, -0.2) is 0 Å². The molecule has 1 saturated heterocycles. The summed E-state index contributed by atoms with van der Waals surface area (Å²) in [7, 11) is 1.71. The molecule has 0 aliphatic carbocycles. The van der Waals surface area contributed by atoms with E-state index in [1.807, 2.05) is 18.2 Å². The maximum absolute atomic E-state index is 12.5. The lowest BCUT2D eigenvalue weighted by atomic mass is 10.0. The van der Waals surface area contributed by atoms with E-state index in [0.29, 0.717) is 6.54 Å². The van der Waals surface area contributed by atoms with Gasteiger partial charge in [-0.15, -0.1) is 0 Å². The first-order chi connectivity index (χ1) is 13.5. The number of piperazine rings is 1. The minimum Gasteiger partial charge on any atom is -0.495 e. The highest BCUT2D eigenvalue weighted by atomic mass is 16.5. The normalized spacial score (nSPS) is 15.9. The number of aryl methyl sites for hydroxylation is 2. The minimum atomic E-state index is 0.0288. The van der Waals surface area contributed by atoms with E-state index in [1.54, 1.807) is 7.11 Å². The van der Waals surface area contributed by atoms with Crippen molar-refractivity contribution in [1.82, 2.24) is 5.32 Å². The van der Waals surface area contributed by atoms with Gasteiger partial charge in [-0.1, -0.05) is 30.3 Å². The Morgan fingerprint density at radius 2 is 1.86 bits per heavy atom. The fourth-order valence-electron chi connectivity index (χ4n) is 3.77. The van der Waals surface area contributed by atoms with Crippen LogP contribution in [0.5, 0.6) is 5.75 Å². The molecule has 2 aromatic rings. The van der Waals surface area contributed by atoms with Gasteiger partial charge in [-0.3, -0.25) is 4.79 Å². The number of nitrogens with one attached hydrogen (secondary N) is 2. The highest BCUT2D eigenvalue weighted by molar-refractivity contribution is 5.77. The molecule has 5 nitrogen and oxygen atoms in total. The van der Waals surface area contributed by atoms with Crippen molar-refractivity contribution in [2.24, 2.45) is 0 Å². The Morgan fingerprint density at radius 3 is 2.54 bits per heavy atom. The first-order valence-corrected chi connectivity index (χ1v) is 10.1. The van der Waals surface area contributed by atoms with Crippen molar-refractivity contribution in [3.8, 4) is 5.75 Å². The summed E-state index contributed by atoms with van der Waals surface area (Å²) in [5, 5.41) is 3.16. The smallest absolute Gasteiger partial charge is 0.275 e. The van der Waals surface area contributed by atoms with E-state index in [0.717, 1.165) is 43.2 Å². The van der Waals surface area contributed by atoms with Gasteiger partial charge >= 0.3 is 0 Å². The van der Waals surface area contributed by atoms with Crippen molar-refractivity contribution in [2.75, 3.05) is 44.7 Å². The molecule has 2 aromatic carbocycles. The van der Waals surface area contributed by atoms with Gasteiger partial charge in [-0.05, 0) is 49.6 Å². The molecule has 2 N–H and O–H groups in total. The van der Waals surface area contributed by atoms with Crippen LogP contribution in [0.4, 0.5) is 5.69 Å². The van der Waals surface area contributed by atoms with E-state index in [4.69, 9.17) is 4.74 Å². The molecule has 1 heterocycles. The predicted molar refractivity (Wildman–Crippen MR) is 113 cm³/mol.